The zero-order valence-corrected chi connectivity index (χ0v) is 16.0. The molecule has 0 fully saturated rings. The highest BCUT2D eigenvalue weighted by Gasteiger charge is 2.24. The Morgan fingerprint density at radius 1 is 1.26 bits per heavy atom. The van der Waals surface area contributed by atoms with Gasteiger partial charge in [0.25, 0.3) is 5.91 Å². The maximum Gasteiger partial charge on any atom is 0.260 e. The highest BCUT2D eigenvalue weighted by Crippen LogP contribution is 2.30. The topological polar surface area (TPSA) is 88.1 Å². The summed E-state index contributed by atoms with van der Waals surface area (Å²) >= 11 is 0. The Balaban J connectivity index is 2.16. The molecule has 2 aromatic carbocycles. The van der Waals surface area contributed by atoms with Crippen LogP contribution >= 0.6 is 0 Å². The van der Waals surface area contributed by atoms with Crippen LogP contribution in [0.2, 0.25) is 0 Å². The molecular formula is C18H20FN3O4S. The molecule has 0 bridgehead atoms. The lowest BCUT2D eigenvalue weighted by molar-refractivity contribution is -0.119. The number of hydrogen-bond acceptors (Lipinski definition) is 5. The van der Waals surface area contributed by atoms with E-state index in [4.69, 9.17) is 4.74 Å². The third-order valence-electron chi connectivity index (χ3n) is 3.56. The van der Waals surface area contributed by atoms with Crippen LogP contribution in [0.25, 0.3) is 0 Å². The van der Waals surface area contributed by atoms with Crippen LogP contribution in [0.15, 0.2) is 47.6 Å². The van der Waals surface area contributed by atoms with E-state index in [2.05, 4.69) is 10.5 Å². The number of hydrazone groups is 1. The van der Waals surface area contributed by atoms with E-state index in [1.165, 1.54) is 37.6 Å². The summed E-state index contributed by atoms with van der Waals surface area (Å²) < 4.78 is 43.4. The molecule has 0 saturated carbocycles. The summed E-state index contributed by atoms with van der Waals surface area (Å²) in [7, 11) is -2.33. The molecule has 144 valence electrons. The van der Waals surface area contributed by atoms with Crippen molar-refractivity contribution in [2.75, 3.05) is 24.2 Å². The van der Waals surface area contributed by atoms with Gasteiger partial charge >= 0.3 is 0 Å². The zero-order chi connectivity index (χ0) is 20.0. The monoisotopic (exact) mass is 393 g/mol. The molecule has 0 unspecified atom stereocenters. The first-order valence-corrected chi connectivity index (χ1v) is 9.75. The number of amides is 1. The molecule has 2 rings (SSSR count). The number of carbonyl (C=O) groups is 1. The number of anilines is 1. The van der Waals surface area contributed by atoms with Gasteiger partial charge in [0.05, 0.1) is 25.3 Å². The second-order valence-electron chi connectivity index (χ2n) is 5.79. The molecule has 0 aromatic heterocycles. The van der Waals surface area contributed by atoms with Crippen LogP contribution in [-0.2, 0) is 14.8 Å². The van der Waals surface area contributed by atoms with E-state index in [0.29, 0.717) is 11.3 Å². The average molecular weight is 393 g/mol. The Morgan fingerprint density at radius 3 is 2.52 bits per heavy atom. The van der Waals surface area contributed by atoms with Gasteiger partial charge in [0.15, 0.2) is 0 Å². The van der Waals surface area contributed by atoms with E-state index in [1.807, 2.05) is 0 Å². The van der Waals surface area contributed by atoms with Crippen molar-refractivity contribution in [2.45, 2.75) is 6.92 Å². The van der Waals surface area contributed by atoms with Gasteiger partial charge in [-0.15, -0.1) is 0 Å². The number of ether oxygens (including phenoxy) is 1. The van der Waals surface area contributed by atoms with Gasteiger partial charge in [0.2, 0.25) is 10.0 Å². The zero-order valence-electron chi connectivity index (χ0n) is 15.1. The first-order valence-electron chi connectivity index (χ1n) is 7.90. The number of halogens is 1. The number of sulfonamides is 1. The Bertz CT molecular complexity index is 944. The standard InChI is InChI=1S/C18H20FN3O4S/c1-13-4-9-17(26-2)16(10-13)22(27(3,24)25)12-18(23)21-20-11-14-5-7-15(19)8-6-14/h4-11H,12H2,1-3H3,(H,21,23)/b20-11-. The van der Waals surface area contributed by atoms with Crippen molar-refractivity contribution >= 4 is 27.8 Å². The minimum absolute atomic E-state index is 0.262. The highest BCUT2D eigenvalue weighted by atomic mass is 32.2. The Hall–Kier alpha value is -2.94. The smallest absolute Gasteiger partial charge is 0.260 e. The van der Waals surface area contributed by atoms with E-state index in [1.54, 1.807) is 25.1 Å². The molecule has 1 amide bonds. The summed E-state index contributed by atoms with van der Waals surface area (Å²) in [6.07, 6.45) is 2.33. The lowest BCUT2D eigenvalue weighted by Gasteiger charge is -2.23. The third kappa shape index (κ3) is 5.78. The van der Waals surface area contributed by atoms with Crippen LogP contribution in [0.3, 0.4) is 0 Å². The van der Waals surface area contributed by atoms with Gasteiger partial charge in [-0.25, -0.2) is 18.2 Å². The Labute approximate surface area is 157 Å². The SMILES string of the molecule is COc1ccc(C)cc1N(CC(=O)N/N=C\c1ccc(F)cc1)S(C)(=O)=O. The molecular weight excluding hydrogens is 373 g/mol. The first-order chi connectivity index (χ1) is 12.7. The van der Waals surface area contributed by atoms with Crippen LogP contribution in [0.4, 0.5) is 10.1 Å². The second kappa shape index (κ2) is 8.63. The summed E-state index contributed by atoms with van der Waals surface area (Å²) in [5, 5.41) is 3.76. The lowest BCUT2D eigenvalue weighted by atomic mass is 10.2. The summed E-state index contributed by atoms with van der Waals surface area (Å²) in [5.41, 5.74) is 3.92. The van der Waals surface area contributed by atoms with Gasteiger partial charge in [0.1, 0.15) is 18.1 Å². The number of benzene rings is 2. The van der Waals surface area contributed by atoms with Crippen LogP contribution in [0, 0.1) is 12.7 Å². The van der Waals surface area contributed by atoms with E-state index in [0.717, 1.165) is 16.1 Å². The predicted molar refractivity (Wildman–Crippen MR) is 102 cm³/mol. The van der Waals surface area contributed by atoms with Crippen molar-refractivity contribution in [1.82, 2.24) is 5.43 Å². The van der Waals surface area contributed by atoms with Gasteiger partial charge in [-0.1, -0.05) is 18.2 Å². The van der Waals surface area contributed by atoms with E-state index < -0.39 is 22.5 Å². The van der Waals surface area contributed by atoms with Crippen molar-refractivity contribution in [2.24, 2.45) is 5.10 Å². The van der Waals surface area contributed by atoms with Gasteiger partial charge in [0, 0.05) is 0 Å². The van der Waals surface area contributed by atoms with Gasteiger partial charge < -0.3 is 4.74 Å². The number of hydrogen-bond donors (Lipinski definition) is 1. The quantitative estimate of drug-likeness (QED) is 0.576. The van der Waals surface area contributed by atoms with E-state index >= 15 is 0 Å². The van der Waals surface area contributed by atoms with E-state index in [9.17, 15) is 17.6 Å². The first kappa shape index (κ1) is 20.4. The fourth-order valence-electron chi connectivity index (χ4n) is 2.27. The van der Waals surface area contributed by atoms with Gasteiger partial charge in [-0.2, -0.15) is 5.10 Å². The number of rotatable bonds is 7. The highest BCUT2D eigenvalue weighted by molar-refractivity contribution is 7.92. The number of methoxy groups -OCH3 is 1. The van der Waals surface area contributed by atoms with Crippen LogP contribution in [0.5, 0.6) is 5.75 Å². The van der Waals surface area contributed by atoms with Gasteiger partial charge in [-0.3, -0.25) is 9.10 Å². The number of nitrogens with zero attached hydrogens (tertiary/aromatic N) is 2. The predicted octanol–water partition coefficient (Wildman–Crippen LogP) is 2.06. The minimum atomic E-state index is -3.75. The fourth-order valence-corrected chi connectivity index (χ4v) is 3.12. The van der Waals surface area contributed by atoms with Crippen molar-refractivity contribution in [1.29, 1.82) is 0 Å². The molecule has 0 spiro atoms. The van der Waals surface area contributed by atoms with Crippen molar-refractivity contribution < 1.29 is 22.3 Å². The minimum Gasteiger partial charge on any atom is -0.495 e. The normalized spacial score (nSPS) is 11.4. The average Bonchev–Trinajstić information content (AvgIpc) is 2.60. The molecule has 7 nitrogen and oxygen atoms in total. The molecule has 9 heteroatoms. The van der Waals surface area contributed by atoms with Crippen LogP contribution in [-0.4, -0.2) is 40.4 Å². The molecule has 0 radical (unpaired) electrons. The van der Waals surface area contributed by atoms with Crippen LogP contribution < -0.4 is 14.5 Å². The summed E-state index contributed by atoms with van der Waals surface area (Å²) in [5.74, 6) is -0.692. The molecule has 0 aliphatic heterocycles. The maximum atomic E-state index is 12.9. The van der Waals surface area contributed by atoms with Crippen molar-refractivity contribution in [3.63, 3.8) is 0 Å². The second-order valence-corrected chi connectivity index (χ2v) is 7.70. The summed E-state index contributed by atoms with van der Waals surface area (Å²) in [6.45, 7) is 1.33. The number of nitrogens with one attached hydrogen (secondary N) is 1. The molecule has 0 atom stereocenters. The number of carbonyl (C=O) groups excluding carboxylic acids is 1. The van der Waals surface area contributed by atoms with Crippen molar-refractivity contribution in [3.8, 4) is 5.75 Å². The molecule has 27 heavy (non-hydrogen) atoms. The number of aryl methyl sites for hydroxylation is 1. The van der Waals surface area contributed by atoms with E-state index in [-0.39, 0.29) is 11.5 Å². The van der Waals surface area contributed by atoms with Crippen LogP contribution in [0.1, 0.15) is 11.1 Å². The largest absolute Gasteiger partial charge is 0.495 e. The molecule has 0 aliphatic carbocycles. The Kier molecular flexibility index (Phi) is 6.51. The molecule has 0 aliphatic rings. The summed E-state index contributed by atoms with van der Waals surface area (Å²) in [6, 6.07) is 10.5. The summed E-state index contributed by atoms with van der Waals surface area (Å²) in [4.78, 5) is 12.2. The Morgan fingerprint density at radius 2 is 1.93 bits per heavy atom. The fraction of sp³-hybridized carbons (Fsp3) is 0.222. The van der Waals surface area contributed by atoms with Gasteiger partial charge in [-0.05, 0) is 42.3 Å². The third-order valence-corrected chi connectivity index (χ3v) is 4.69. The molecule has 0 heterocycles. The molecule has 2 aromatic rings. The molecule has 0 saturated heterocycles. The molecule has 1 N–H and O–H groups in total. The van der Waals surface area contributed by atoms with Crippen molar-refractivity contribution in [3.05, 3.63) is 59.4 Å². The maximum absolute atomic E-state index is 12.9. The lowest BCUT2D eigenvalue weighted by Crippen LogP contribution is -2.39.